The molecule has 0 radical (unpaired) electrons. The summed E-state index contributed by atoms with van der Waals surface area (Å²) in [5, 5.41) is 4.94. The molecule has 2 atom stereocenters. The molecule has 0 saturated carbocycles. The Morgan fingerprint density at radius 3 is 2.67 bits per heavy atom. The van der Waals surface area contributed by atoms with E-state index in [9.17, 15) is 9.59 Å². The van der Waals surface area contributed by atoms with Crippen LogP contribution >= 0.6 is 11.3 Å². The number of ether oxygens (including phenoxy) is 1. The molecular weight excluding hydrogens is 360 g/mol. The van der Waals surface area contributed by atoms with Crippen molar-refractivity contribution in [1.29, 1.82) is 0 Å². The van der Waals surface area contributed by atoms with Gasteiger partial charge in [0.25, 0.3) is 5.91 Å². The number of benzene rings is 1. The Morgan fingerprint density at radius 2 is 2.00 bits per heavy atom. The molecule has 1 N–H and O–H groups in total. The van der Waals surface area contributed by atoms with Gasteiger partial charge < -0.3 is 15.0 Å². The molecule has 2 unspecified atom stereocenters. The normalized spacial score (nSPS) is 19.3. The molecule has 3 rings (SSSR count). The maximum Gasteiger partial charge on any atom is 0.263 e. The molecule has 2 aromatic rings. The van der Waals surface area contributed by atoms with Crippen LogP contribution in [0.15, 0.2) is 41.8 Å². The van der Waals surface area contributed by atoms with Gasteiger partial charge >= 0.3 is 0 Å². The van der Waals surface area contributed by atoms with Crippen molar-refractivity contribution < 1.29 is 14.3 Å². The zero-order valence-corrected chi connectivity index (χ0v) is 16.8. The molecule has 1 fully saturated rings. The monoisotopic (exact) mass is 386 g/mol. The second-order valence-electron chi connectivity index (χ2n) is 7.28. The van der Waals surface area contributed by atoms with Gasteiger partial charge in [-0.3, -0.25) is 9.59 Å². The second kappa shape index (κ2) is 8.57. The number of thiophene rings is 1. The van der Waals surface area contributed by atoms with Gasteiger partial charge in [0.1, 0.15) is 5.75 Å². The van der Waals surface area contributed by atoms with E-state index >= 15 is 0 Å². The van der Waals surface area contributed by atoms with Crippen LogP contribution in [-0.2, 0) is 4.79 Å². The van der Waals surface area contributed by atoms with Gasteiger partial charge in [-0.05, 0) is 29.0 Å². The van der Waals surface area contributed by atoms with Gasteiger partial charge in [-0.1, -0.05) is 38.1 Å². The lowest BCUT2D eigenvalue weighted by atomic mass is 9.87. The molecule has 1 aliphatic rings. The van der Waals surface area contributed by atoms with Crippen molar-refractivity contribution in [2.24, 2.45) is 11.8 Å². The smallest absolute Gasteiger partial charge is 0.263 e. The fourth-order valence-electron chi connectivity index (χ4n) is 3.52. The molecule has 27 heavy (non-hydrogen) atoms. The lowest BCUT2D eigenvalue weighted by Crippen LogP contribution is -2.37. The summed E-state index contributed by atoms with van der Waals surface area (Å²) >= 11 is 1.43. The fourth-order valence-corrected chi connectivity index (χ4v) is 4.21. The number of para-hydroxylation sites is 1. The molecule has 1 saturated heterocycles. The van der Waals surface area contributed by atoms with Crippen molar-refractivity contribution in [2.45, 2.75) is 19.8 Å². The number of hydrogen-bond acceptors (Lipinski definition) is 4. The minimum Gasteiger partial charge on any atom is -0.496 e. The summed E-state index contributed by atoms with van der Waals surface area (Å²) in [6, 6.07) is 11.5. The van der Waals surface area contributed by atoms with E-state index in [4.69, 9.17) is 4.74 Å². The van der Waals surface area contributed by atoms with Crippen molar-refractivity contribution in [2.75, 3.05) is 26.7 Å². The van der Waals surface area contributed by atoms with E-state index in [0.717, 1.165) is 11.3 Å². The number of hydrogen-bond donors (Lipinski definition) is 1. The van der Waals surface area contributed by atoms with Gasteiger partial charge in [0.05, 0.1) is 17.9 Å². The highest BCUT2D eigenvalue weighted by molar-refractivity contribution is 7.12. The van der Waals surface area contributed by atoms with Crippen LogP contribution in [0.3, 0.4) is 0 Å². The van der Waals surface area contributed by atoms with Crippen LogP contribution < -0.4 is 10.1 Å². The van der Waals surface area contributed by atoms with E-state index in [2.05, 4.69) is 19.2 Å². The van der Waals surface area contributed by atoms with Crippen LogP contribution in [0, 0.1) is 11.8 Å². The van der Waals surface area contributed by atoms with E-state index in [0.29, 0.717) is 30.4 Å². The van der Waals surface area contributed by atoms with Crippen molar-refractivity contribution in [3.63, 3.8) is 0 Å². The molecule has 1 aromatic heterocycles. The summed E-state index contributed by atoms with van der Waals surface area (Å²) in [6.45, 7) is 5.70. The van der Waals surface area contributed by atoms with E-state index in [1.165, 1.54) is 11.3 Å². The van der Waals surface area contributed by atoms with Gasteiger partial charge in [0, 0.05) is 25.6 Å². The first-order valence-corrected chi connectivity index (χ1v) is 10.1. The Hall–Kier alpha value is -2.34. The Morgan fingerprint density at radius 1 is 1.22 bits per heavy atom. The topological polar surface area (TPSA) is 58.6 Å². The first kappa shape index (κ1) is 19.4. The quantitative estimate of drug-likeness (QED) is 0.828. The van der Waals surface area contributed by atoms with Gasteiger partial charge in [-0.15, -0.1) is 11.3 Å². The van der Waals surface area contributed by atoms with Gasteiger partial charge in [-0.2, -0.15) is 0 Å². The molecule has 2 amide bonds. The van der Waals surface area contributed by atoms with E-state index in [-0.39, 0.29) is 23.7 Å². The molecule has 6 heteroatoms. The maximum absolute atomic E-state index is 12.9. The Bertz CT molecular complexity index is 788. The number of amides is 2. The molecule has 1 aromatic carbocycles. The predicted molar refractivity (Wildman–Crippen MR) is 107 cm³/mol. The highest BCUT2D eigenvalue weighted by Gasteiger charge is 2.41. The van der Waals surface area contributed by atoms with Gasteiger partial charge in [0.15, 0.2) is 0 Å². The van der Waals surface area contributed by atoms with Gasteiger partial charge in [0.2, 0.25) is 5.91 Å². The fraction of sp³-hybridized carbons (Fsp3) is 0.429. The largest absolute Gasteiger partial charge is 0.496 e. The van der Waals surface area contributed by atoms with E-state index in [1.54, 1.807) is 12.0 Å². The van der Waals surface area contributed by atoms with E-state index in [1.807, 2.05) is 41.8 Å². The third-order valence-electron chi connectivity index (χ3n) is 4.90. The molecule has 0 bridgehead atoms. The van der Waals surface area contributed by atoms with Crippen molar-refractivity contribution in [1.82, 2.24) is 10.2 Å². The third-order valence-corrected chi connectivity index (χ3v) is 5.76. The predicted octanol–water partition coefficient (Wildman–Crippen LogP) is 3.38. The van der Waals surface area contributed by atoms with Crippen molar-refractivity contribution in [3.8, 4) is 5.75 Å². The van der Waals surface area contributed by atoms with Crippen molar-refractivity contribution >= 4 is 23.2 Å². The first-order chi connectivity index (χ1) is 13.0. The zero-order valence-electron chi connectivity index (χ0n) is 16.0. The van der Waals surface area contributed by atoms with Gasteiger partial charge in [-0.25, -0.2) is 0 Å². The minimum atomic E-state index is -0.288. The summed E-state index contributed by atoms with van der Waals surface area (Å²) in [6.07, 6.45) is 0. The van der Waals surface area contributed by atoms with Crippen LogP contribution in [0.1, 0.15) is 35.0 Å². The minimum absolute atomic E-state index is 0.00101. The standard InChI is InChI=1S/C21H26N2O3S/c1-14(2)11-22-20(24)17-13-23(21(25)19-9-6-10-27-19)12-16(17)15-7-4-5-8-18(15)26-3/h4-10,14,16-17H,11-13H2,1-3H3,(H,22,24). The molecule has 0 aliphatic carbocycles. The highest BCUT2D eigenvalue weighted by Crippen LogP contribution is 2.38. The number of carbonyl (C=O) groups is 2. The SMILES string of the molecule is COc1ccccc1C1CN(C(=O)c2cccs2)CC1C(=O)NCC(C)C. The average Bonchev–Trinajstić information content (AvgIpc) is 3.35. The van der Waals surface area contributed by atoms with Crippen LogP contribution in [-0.4, -0.2) is 43.5 Å². The summed E-state index contributed by atoms with van der Waals surface area (Å²) in [5.74, 6) is 0.754. The Balaban J connectivity index is 1.87. The van der Waals surface area contributed by atoms with Crippen LogP contribution in [0.4, 0.5) is 0 Å². The summed E-state index contributed by atoms with van der Waals surface area (Å²) in [5.41, 5.74) is 0.978. The molecule has 144 valence electrons. The lowest BCUT2D eigenvalue weighted by Gasteiger charge is -2.20. The summed E-state index contributed by atoms with van der Waals surface area (Å²) < 4.78 is 5.52. The van der Waals surface area contributed by atoms with Crippen LogP contribution in [0.5, 0.6) is 5.75 Å². The number of likely N-dealkylation sites (tertiary alicyclic amines) is 1. The zero-order chi connectivity index (χ0) is 19.4. The summed E-state index contributed by atoms with van der Waals surface area (Å²) in [7, 11) is 1.64. The number of methoxy groups -OCH3 is 1. The lowest BCUT2D eigenvalue weighted by molar-refractivity contribution is -0.125. The Kier molecular flexibility index (Phi) is 6.16. The van der Waals surface area contributed by atoms with E-state index < -0.39 is 0 Å². The number of rotatable bonds is 6. The molecule has 1 aliphatic heterocycles. The number of nitrogens with one attached hydrogen (secondary N) is 1. The summed E-state index contributed by atoms with van der Waals surface area (Å²) in [4.78, 5) is 28.2. The third kappa shape index (κ3) is 4.33. The second-order valence-corrected chi connectivity index (χ2v) is 8.23. The van der Waals surface area contributed by atoms with Crippen LogP contribution in [0.2, 0.25) is 0 Å². The number of nitrogens with zero attached hydrogens (tertiary/aromatic N) is 1. The highest BCUT2D eigenvalue weighted by atomic mass is 32.1. The first-order valence-electron chi connectivity index (χ1n) is 9.24. The molecule has 2 heterocycles. The molecule has 5 nitrogen and oxygen atoms in total. The Labute approximate surface area is 164 Å². The average molecular weight is 387 g/mol. The van der Waals surface area contributed by atoms with Crippen LogP contribution in [0.25, 0.3) is 0 Å². The van der Waals surface area contributed by atoms with Crippen molar-refractivity contribution in [3.05, 3.63) is 52.2 Å². The molecule has 0 spiro atoms. The maximum atomic E-state index is 12.9. The molecular formula is C21H26N2O3S. The number of carbonyl (C=O) groups excluding carboxylic acids is 2.